The van der Waals surface area contributed by atoms with Crippen molar-refractivity contribution in [1.82, 2.24) is 4.57 Å². The summed E-state index contributed by atoms with van der Waals surface area (Å²) < 4.78 is 39.6. The number of halogens is 3. The van der Waals surface area contributed by atoms with Crippen LogP contribution in [0.25, 0.3) is 10.9 Å². The van der Waals surface area contributed by atoms with E-state index in [1.54, 1.807) is 11.5 Å². The molecule has 20 heavy (non-hydrogen) atoms. The van der Waals surface area contributed by atoms with Crippen LogP contribution in [-0.4, -0.2) is 10.4 Å². The molecule has 3 nitrogen and oxygen atoms in total. The van der Waals surface area contributed by atoms with Gasteiger partial charge in [-0.05, 0) is 32.0 Å². The van der Waals surface area contributed by atoms with Gasteiger partial charge in [0.15, 0.2) is 5.43 Å². The van der Waals surface area contributed by atoms with E-state index in [0.717, 1.165) is 12.1 Å². The van der Waals surface area contributed by atoms with Gasteiger partial charge in [-0.15, -0.1) is 0 Å². The molecule has 2 rings (SSSR count). The Kier molecular flexibility index (Phi) is 3.41. The molecule has 106 valence electrons. The lowest BCUT2D eigenvalue weighted by Crippen LogP contribution is -2.16. The van der Waals surface area contributed by atoms with Gasteiger partial charge in [-0.2, -0.15) is 13.2 Å². The minimum absolute atomic E-state index is 0.0218. The molecule has 6 heteroatoms. The molecule has 0 amide bonds. The van der Waals surface area contributed by atoms with Gasteiger partial charge in [0, 0.05) is 17.1 Å². The zero-order valence-corrected chi connectivity index (χ0v) is 10.9. The number of alkyl halides is 3. The second-order valence-corrected chi connectivity index (χ2v) is 4.67. The van der Waals surface area contributed by atoms with Gasteiger partial charge >= 0.3 is 6.18 Å². The van der Waals surface area contributed by atoms with Crippen molar-refractivity contribution >= 4 is 16.7 Å². The van der Waals surface area contributed by atoms with Crippen LogP contribution in [0.1, 0.15) is 18.2 Å². The van der Waals surface area contributed by atoms with E-state index < -0.39 is 17.2 Å². The lowest BCUT2D eigenvalue weighted by atomic mass is 10.1. The van der Waals surface area contributed by atoms with Crippen molar-refractivity contribution in [3.05, 3.63) is 45.7 Å². The third kappa shape index (κ3) is 2.59. The number of carbonyl (C=O) groups excluding carboxylic acids is 1. The van der Waals surface area contributed by atoms with Gasteiger partial charge in [0.1, 0.15) is 5.78 Å². The Morgan fingerprint density at radius 2 is 1.90 bits per heavy atom. The summed E-state index contributed by atoms with van der Waals surface area (Å²) in [6.45, 7) is 3.04. The Morgan fingerprint density at radius 1 is 1.25 bits per heavy atom. The molecule has 2 aromatic rings. The van der Waals surface area contributed by atoms with E-state index in [4.69, 9.17) is 0 Å². The molecule has 0 N–H and O–H groups in total. The van der Waals surface area contributed by atoms with Crippen molar-refractivity contribution in [3.63, 3.8) is 0 Å². The molecular formula is C14H12F3NO2. The summed E-state index contributed by atoms with van der Waals surface area (Å²) in [6.07, 6.45) is -4.50. The average molecular weight is 283 g/mol. The first-order chi connectivity index (χ1) is 9.20. The summed E-state index contributed by atoms with van der Waals surface area (Å²) in [7, 11) is 0. The number of fused-ring (bicyclic) bond motifs is 1. The van der Waals surface area contributed by atoms with E-state index in [0.29, 0.717) is 11.2 Å². The van der Waals surface area contributed by atoms with Crippen molar-refractivity contribution in [3.8, 4) is 0 Å². The Bertz CT molecular complexity index is 744. The Morgan fingerprint density at radius 3 is 2.45 bits per heavy atom. The fourth-order valence-electron chi connectivity index (χ4n) is 2.11. The van der Waals surface area contributed by atoms with Gasteiger partial charge in [-0.25, -0.2) is 0 Å². The molecule has 0 radical (unpaired) electrons. The zero-order valence-electron chi connectivity index (χ0n) is 10.9. The van der Waals surface area contributed by atoms with Crippen molar-refractivity contribution in [1.29, 1.82) is 0 Å². The van der Waals surface area contributed by atoms with Gasteiger partial charge in [-0.3, -0.25) is 9.59 Å². The molecule has 0 aliphatic carbocycles. The lowest BCUT2D eigenvalue weighted by Gasteiger charge is -2.14. The minimum atomic E-state index is -4.50. The molecule has 0 unspecified atom stereocenters. The standard InChI is InChI=1S/C14H12F3NO2/c1-8-5-13(20)11-6-10(14(15,16)17)3-4-12(11)18(8)7-9(2)19/h3-6H,7H2,1-2H3. The van der Waals surface area contributed by atoms with Crippen LogP contribution in [0.4, 0.5) is 13.2 Å². The molecule has 0 saturated heterocycles. The molecular weight excluding hydrogens is 271 g/mol. The first kappa shape index (κ1) is 14.3. The largest absolute Gasteiger partial charge is 0.416 e. The molecule has 0 bridgehead atoms. The van der Waals surface area contributed by atoms with E-state index in [-0.39, 0.29) is 17.7 Å². The van der Waals surface area contributed by atoms with Gasteiger partial charge in [0.25, 0.3) is 0 Å². The number of aryl methyl sites for hydroxylation is 1. The maximum atomic E-state index is 12.7. The van der Waals surface area contributed by atoms with E-state index >= 15 is 0 Å². The predicted octanol–water partition coefficient (Wildman–Crippen LogP) is 2.92. The molecule has 0 aliphatic heterocycles. The Hall–Kier alpha value is -2.11. The third-order valence-electron chi connectivity index (χ3n) is 3.03. The molecule has 0 fully saturated rings. The molecule has 1 heterocycles. The van der Waals surface area contributed by atoms with Crippen molar-refractivity contribution in [2.24, 2.45) is 0 Å². The number of aromatic nitrogens is 1. The zero-order chi connectivity index (χ0) is 15.1. The van der Waals surface area contributed by atoms with E-state index in [1.165, 1.54) is 19.1 Å². The molecule has 0 atom stereocenters. The van der Waals surface area contributed by atoms with Gasteiger partial charge in [0.2, 0.25) is 0 Å². The smallest absolute Gasteiger partial charge is 0.337 e. The number of pyridine rings is 1. The van der Waals surface area contributed by atoms with E-state index in [9.17, 15) is 22.8 Å². The summed E-state index contributed by atoms with van der Waals surface area (Å²) in [4.78, 5) is 23.1. The Labute approximate surface area is 112 Å². The highest BCUT2D eigenvalue weighted by atomic mass is 19.4. The summed E-state index contributed by atoms with van der Waals surface area (Å²) >= 11 is 0. The fraction of sp³-hybridized carbons (Fsp3) is 0.286. The highest BCUT2D eigenvalue weighted by Gasteiger charge is 2.30. The van der Waals surface area contributed by atoms with Gasteiger partial charge in [0.05, 0.1) is 17.6 Å². The molecule has 1 aromatic heterocycles. The number of nitrogens with zero attached hydrogens (tertiary/aromatic N) is 1. The number of hydrogen-bond acceptors (Lipinski definition) is 2. The maximum absolute atomic E-state index is 12.7. The van der Waals surface area contributed by atoms with Crippen molar-refractivity contribution < 1.29 is 18.0 Å². The summed E-state index contributed by atoms with van der Waals surface area (Å²) in [6, 6.07) is 4.21. The number of ketones is 1. The van der Waals surface area contributed by atoms with Crippen LogP contribution in [0.2, 0.25) is 0 Å². The second kappa shape index (κ2) is 4.77. The van der Waals surface area contributed by atoms with Crippen LogP contribution >= 0.6 is 0 Å². The normalized spacial score (nSPS) is 11.8. The van der Waals surface area contributed by atoms with E-state index in [2.05, 4.69) is 0 Å². The fourth-order valence-corrected chi connectivity index (χ4v) is 2.11. The van der Waals surface area contributed by atoms with Crippen LogP contribution in [0.3, 0.4) is 0 Å². The van der Waals surface area contributed by atoms with Gasteiger partial charge in [-0.1, -0.05) is 0 Å². The number of hydrogen-bond donors (Lipinski definition) is 0. The highest BCUT2D eigenvalue weighted by Crippen LogP contribution is 2.30. The topological polar surface area (TPSA) is 39.1 Å². The third-order valence-corrected chi connectivity index (χ3v) is 3.03. The lowest BCUT2D eigenvalue weighted by molar-refractivity contribution is -0.137. The number of benzene rings is 1. The van der Waals surface area contributed by atoms with E-state index in [1.807, 2.05) is 0 Å². The van der Waals surface area contributed by atoms with Crippen LogP contribution < -0.4 is 5.43 Å². The number of Topliss-reactive ketones (excluding diaryl/α,β-unsaturated/α-hetero) is 1. The quantitative estimate of drug-likeness (QED) is 0.850. The number of carbonyl (C=O) groups is 1. The van der Waals surface area contributed by atoms with Crippen molar-refractivity contribution in [2.75, 3.05) is 0 Å². The molecule has 1 aromatic carbocycles. The summed E-state index contributed by atoms with van der Waals surface area (Å²) in [5.41, 5.74) is -0.487. The monoisotopic (exact) mass is 283 g/mol. The second-order valence-electron chi connectivity index (χ2n) is 4.67. The van der Waals surface area contributed by atoms with Gasteiger partial charge < -0.3 is 4.57 Å². The SMILES string of the molecule is CC(=O)Cn1c(C)cc(=O)c2cc(C(F)(F)F)ccc21. The van der Waals surface area contributed by atoms with Crippen LogP contribution in [0.15, 0.2) is 29.1 Å². The predicted molar refractivity (Wildman–Crippen MR) is 68.6 cm³/mol. The average Bonchev–Trinajstić information content (AvgIpc) is 2.32. The summed E-state index contributed by atoms with van der Waals surface area (Å²) in [5, 5.41) is -0.0355. The first-order valence-electron chi connectivity index (χ1n) is 5.91. The molecule has 0 aliphatic rings. The minimum Gasteiger partial charge on any atom is -0.337 e. The van der Waals surface area contributed by atoms with Crippen LogP contribution in [0, 0.1) is 6.92 Å². The molecule has 0 spiro atoms. The molecule has 0 saturated carbocycles. The first-order valence-corrected chi connectivity index (χ1v) is 5.91. The maximum Gasteiger partial charge on any atom is 0.416 e. The summed E-state index contributed by atoms with van der Waals surface area (Å²) in [5.74, 6) is -0.141. The van der Waals surface area contributed by atoms with Crippen molar-refractivity contribution in [2.45, 2.75) is 26.6 Å². The van der Waals surface area contributed by atoms with Crippen LogP contribution in [0.5, 0.6) is 0 Å². The van der Waals surface area contributed by atoms with Crippen LogP contribution in [-0.2, 0) is 17.5 Å². The Balaban J connectivity index is 2.78. The number of rotatable bonds is 2. The highest BCUT2D eigenvalue weighted by molar-refractivity contribution is 5.83.